The highest BCUT2D eigenvalue weighted by Gasteiger charge is 2.10. The van der Waals surface area contributed by atoms with E-state index in [4.69, 9.17) is 5.73 Å². The molecule has 0 atom stereocenters. The largest absolute Gasteiger partial charge is 0.386 e. The van der Waals surface area contributed by atoms with Gasteiger partial charge in [-0.15, -0.1) is 0 Å². The molecule has 0 spiro atoms. The van der Waals surface area contributed by atoms with E-state index < -0.39 is 0 Å². The van der Waals surface area contributed by atoms with E-state index in [1.807, 2.05) is 39.2 Å². The molecule has 0 amide bonds. The lowest BCUT2D eigenvalue weighted by atomic mass is 10.1. The van der Waals surface area contributed by atoms with Crippen LogP contribution in [0.4, 0.5) is 11.4 Å². The monoisotopic (exact) mass is 293 g/mol. The molecule has 0 heterocycles. The summed E-state index contributed by atoms with van der Waals surface area (Å²) in [4.78, 5) is 8.86. The molecule has 0 aliphatic heterocycles. The Bertz CT molecular complexity index is 548. The molecule has 0 aliphatic carbocycles. The second kappa shape index (κ2) is 7.64. The Hall–Kier alpha value is -1.89. The van der Waals surface area contributed by atoms with E-state index in [0.717, 1.165) is 11.3 Å². The Morgan fingerprint density at radius 2 is 2.05 bits per heavy atom. The van der Waals surface area contributed by atoms with Crippen LogP contribution in [0.1, 0.15) is 5.56 Å². The van der Waals surface area contributed by atoms with Crippen LogP contribution in [-0.2, 0) is 0 Å². The van der Waals surface area contributed by atoms with Gasteiger partial charge in [0, 0.05) is 38.6 Å². The van der Waals surface area contributed by atoms with Crippen molar-refractivity contribution in [3.05, 3.63) is 23.8 Å². The maximum Gasteiger partial charge on any atom is 0.386 e. The van der Waals surface area contributed by atoms with Crippen LogP contribution in [-0.4, -0.2) is 38.5 Å². The van der Waals surface area contributed by atoms with Gasteiger partial charge >= 0.3 is 5.17 Å². The van der Waals surface area contributed by atoms with E-state index in [1.54, 1.807) is 14.1 Å². The van der Waals surface area contributed by atoms with Gasteiger partial charge in [-0.2, -0.15) is 0 Å². The van der Waals surface area contributed by atoms with E-state index in [-0.39, 0.29) is 0 Å². The highest BCUT2D eigenvalue weighted by Crippen LogP contribution is 2.23. The molecule has 108 valence electrons. The summed E-state index contributed by atoms with van der Waals surface area (Å²) in [7, 11) is 7.43. The predicted octanol–water partition coefficient (Wildman–Crippen LogP) is 0.889. The number of hydrogen-bond donors (Lipinski definition) is 2. The summed E-state index contributed by atoms with van der Waals surface area (Å²) in [5, 5.41) is 9.37. The minimum atomic E-state index is 0.437. The van der Waals surface area contributed by atoms with Crippen LogP contribution in [0.15, 0.2) is 33.4 Å². The zero-order valence-corrected chi connectivity index (χ0v) is 13.3. The van der Waals surface area contributed by atoms with E-state index in [0.29, 0.717) is 10.3 Å². The second-order valence-electron chi connectivity index (χ2n) is 4.28. The van der Waals surface area contributed by atoms with Gasteiger partial charge in [-0.3, -0.25) is 9.98 Å². The zero-order chi connectivity index (χ0) is 15.1. The molecule has 0 unspecified atom stereocenters. The molecule has 0 radical (unpaired) electrons. The Morgan fingerprint density at radius 1 is 1.35 bits per heavy atom. The van der Waals surface area contributed by atoms with Crippen molar-refractivity contribution in [2.75, 3.05) is 33.1 Å². The van der Waals surface area contributed by atoms with Crippen molar-refractivity contribution in [1.82, 2.24) is 0 Å². The molecule has 1 aromatic rings. The summed E-state index contributed by atoms with van der Waals surface area (Å²) < 4.78 is 0. The third-order valence-corrected chi connectivity index (χ3v) is 3.42. The van der Waals surface area contributed by atoms with Crippen molar-refractivity contribution in [2.45, 2.75) is 6.92 Å². The number of nitrogens with one attached hydrogen (secondary N) is 1. The maximum atomic E-state index is 5.64. The molecule has 6 nitrogen and oxygen atoms in total. The van der Waals surface area contributed by atoms with Gasteiger partial charge in [0.25, 0.3) is 0 Å². The lowest BCUT2D eigenvalue weighted by molar-refractivity contribution is -0.417. The van der Waals surface area contributed by atoms with Crippen molar-refractivity contribution in [3.8, 4) is 0 Å². The van der Waals surface area contributed by atoms with E-state index in [9.17, 15) is 0 Å². The van der Waals surface area contributed by atoms with E-state index >= 15 is 0 Å². The average Bonchev–Trinajstić information content (AvgIpc) is 2.42. The molecule has 20 heavy (non-hydrogen) atoms. The lowest BCUT2D eigenvalue weighted by Gasteiger charge is -2.14. The number of hydrogen-bond acceptors (Lipinski definition) is 4. The predicted molar refractivity (Wildman–Crippen MR) is 87.1 cm³/mol. The normalized spacial score (nSPS) is 13.1. The van der Waals surface area contributed by atoms with Crippen LogP contribution in [0.5, 0.6) is 0 Å². The Balaban J connectivity index is 2.87. The molecule has 3 N–H and O–H groups in total. The number of benzene rings is 1. The van der Waals surface area contributed by atoms with Crippen LogP contribution in [0.3, 0.4) is 0 Å². The fraction of sp³-hybridized carbons (Fsp3) is 0.385. The number of anilines is 1. The summed E-state index contributed by atoms with van der Waals surface area (Å²) in [5.74, 6) is 0. The number of rotatable bonds is 2. The van der Waals surface area contributed by atoms with Gasteiger partial charge < -0.3 is 10.6 Å². The molecular weight excluding hydrogens is 272 g/mol. The molecule has 0 saturated carbocycles. The quantitative estimate of drug-likeness (QED) is 0.483. The van der Waals surface area contributed by atoms with E-state index in [2.05, 4.69) is 25.1 Å². The average molecular weight is 293 g/mol. The van der Waals surface area contributed by atoms with Gasteiger partial charge in [0.2, 0.25) is 0 Å². The summed E-state index contributed by atoms with van der Waals surface area (Å²) in [6.45, 7) is 2.05. The molecule has 0 aliphatic rings. The summed E-state index contributed by atoms with van der Waals surface area (Å²) in [6, 6.07) is 5.95. The fourth-order valence-electron chi connectivity index (χ4n) is 1.57. The highest BCUT2D eigenvalue weighted by atomic mass is 32.2. The standard InChI is InChI=1S/C13H20N6S/c1-9-8-10(6-7-11(9)19(4)5)17-18-13(16-3)20-12(14)15-2/h6-8H,1-5H3,(H2,14,15)/p+1. The molecular formula is C13H21N6S+. The minimum absolute atomic E-state index is 0.437. The SMILES string of the molecule is CN=C(N)SC(N=Nc1ccc(N(C)C)c(C)c1)=[NH+]C. The Morgan fingerprint density at radius 3 is 2.55 bits per heavy atom. The van der Waals surface area contributed by atoms with Gasteiger partial charge in [0.05, 0.1) is 12.2 Å². The zero-order valence-electron chi connectivity index (χ0n) is 12.5. The van der Waals surface area contributed by atoms with Crippen LogP contribution >= 0.6 is 11.8 Å². The first-order valence-electron chi connectivity index (χ1n) is 6.12. The topological polar surface area (TPSA) is 80.3 Å². The smallest absolute Gasteiger partial charge is 0.378 e. The van der Waals surface area contributed by atoms with Crippen LogP contribution in [0, 0.1) is 6.92 Å². The first-order valence-corrected chi connectivity index (χ1v) is 6.94. The molecule has 1 aromatic carbocycles. The summed E-state index contributed by atoms with van der Waals surface area (Å²) in [6.07, 6.45) is 0. The number of thioether (sulfide) groups is 1. The lowest BCUT2D eigenvalue weighted by Crippen LogP contribution is -2.66. The second-order valence-corrected chi connectivity index (χ2v) is 5.29. The molecule has 0 aromatic heterocycles. The fourth-order valence-corrected chi connectivity index (χ4v) is 2.05. The van der Waals surface area contributed by atoms with Crippen molar-refractivity contribution in [3.63, 3.8) is 0 Å². The number of nitrogens with two attached hydrogens (primary N) is 1. The van der Waals surface area contributed by atoms with Crippen LogP contribution < -0.4 is 15.6 Å². The van der Waals surface area contributed by atoms with Crippen molar-refractivity contribution >= 4 is 33.5 Å². The van der Waals surface area contributed by atoms with Gasteiger partial charge in [-0.05, 0) is 35.8 Å². The Kier molecular flexibility index (Phi) is 6.17. The molecule has 0 saturated heterocycles. The molecule has 1 rings (SSSR count). The maximum absolute atomic E-state index is 5.64. The molecule has 0 fully saturated rings. The number of azo groups is 1. The van der Waals surface area contributed by atoms with Gasteiger partial charge in [-0.1, -0.05) is 0 Å². The number of aryl methyl sites for hydroxylation is 1. The summed E-state index contributed by atoms with van der Waals surface area (Å²) in [5.41, 5.74) is 8.76. The van der Waals surface area contributed by atoms with Crippen molar-refractivity contribution in [1.29, 1.82) is 0 Å². The minimum Gasteiger partial charge on any atom is -0.378 e. The third-order valence-electron chi connectivity index (χ3n) is 2.55. The highest BCUT2D eigenvalue weighted by molar-refractivity contribution is 8.26. The number of aliphatic imine (C=N–C) groups is 1. The van der Waals surface area contributed by atoms with Crippen LogP contribution in [0.2, 0.25) is 0 Å². The van der Waals surface area contributed by atoms with Crippen molar-refractivity contribution in [2.24, 2.45) is 21.0 Å². The summed E-state index contributed by atoms with van der Waals surface area (Å²) >= 11 is 1.24. The van der Waals surface area contributed by atoms with Crippen LogP contribution in [0.25, 0.3) is 0 Å². The van der Waals surface area contributed by atoms with Gasteiger partial charge in [0.1, 0.15) is 5.69 Å². The first kappa shape index (κ1) is 16.2. The van der Waals surface area contributed by atoms with Gasteiger partial charge in [-0.25, -0.2) is 0 Å². The number of amidine groups is 2. The van der Waals surface area contributed by atoms with Gasteiger partial charge in [0.15, 0.2) is 5.17 Å². The molecule has 7 heteroatoms. The molecule has 0 bridgehead atoms. The number of nitrogens with zero attached hydrogens (tertiary/aromatic N) is 4. The van der Waals surface area contributed by atoms with Crippen molar-refractivity contribution < 1.29 is 4.99 Å². The Labute approximate surface area is 123 Å². The van der Waals surface area contributed by atoms with E-state index in [1.165, 1.54) is 17.4 Å². The first-order chi connectivity index (χ1) is 9.47. The third kappa shape index (κ3) is 4.65.